The van der Waals surface area contributed by atoms with Crippen LogP contribution in [0.2, 0.25) is 0 Å². The van der Waals surface area contributed by atoms with Crippen LogP contribution in [0, 0.1) is 0 Å². The van der Waals surface area contributed by atoms with E-state index in [0.717, 1.165) is 23.6 Å². The van der Waals surface area contributed by atoms with Gasteiger partial charge in [0.2, 0.25) is 0 Å². The normalized spacial score (nSPS) is 16.2. The molecule has 1 fully saturated rings. The van der Waals surface area contributed by atoms with Crippen molar-refractivity contribution in [2.24, 2.45) is 0 Å². The highest BCUT2D eigenvalue weighted by molar-refractivity contribution is 7.99. The maximum Gasteiger partial charge on any atom is 0.417 e. The first-order chi connectivity index (χ1) is 16.4. The second kappa shape index (κ2) is 10.4. The van der Waals surface area contributed by atoms with Crippen molar-refractivity contribution in [3.8, 4) is 17.1 Å². The molecule has 1 N–H and O–H groups in total. The Hall–Kier alpha value is -3.10. The van der Waals surface area contributed by atoms with Gasteiger partial charge in [-0.05, 0) is 63.4 Å². The maximum atomic E-state index is 12.2. The summed E-state index contributed by atoms with van der Waals surface area (Å²) in [5.74, 6) is 2.06. The first kappa shape index (κ1) is 24.0. The van der Waals surface area contributed by atoms with Crippen molar-refractivity contribution in [1.82, 2.24) is 9.97 Å². The average Bonchev–Trinajstić information content (AvgIpc) is 2.85. The fourth-order valence-electron chi connectivity index (χ4n) is 3.63. The molecule has 0 radical (unpaired) electrons. The molecule has 1 aliphatic heterocycles. The van der Waals surface area contributed by atoms with Gasteiger partial charge in [-0.2, -0.15) is 11.8 Å². The molecule has 0 spiro atoms. The summed E-state index contributed by atoms with van der Waals surface area (Å²) in [6.07, 6.45) is 1.55. The van der Waals surface area contributed by atoms with Crippen molar-refractivity contribution in [2.45, 2.75) is 31.6 Å². The first-order valence-corrected chi connectivity index (χ1v) is 12.5. The van der Waals surface area contributed by atoms with Crippen LogP contribution in [-0.2, 0) is 9.48 Å². The lowest BCUT2D eigenvalue weighted by Crippen LogP contribution is -2.44. The fourth-order valence-corrected chi connectivity index (χ4v) is 3.95. The minimum atomic E-state index is -0.539. The van der Waals surface area contributed by atoms with Crippen molar-refractivity contribution < 1.29 is 14.3 Å². The van der Waals surface area contributed by atoms with E-state index in [0.29, 0.717) is 30.5 Å². The molecule has 7 nitrogen and oxygen atoms in total. The van der Waals surface area contributed by atoms with Gasteiger partial charge < -0.3 is 14.4 Å². The Kier molecular flexibility index (Phi) is 7.38. The maximum absolute atomic E-state index is 12.2. The Morgan fingerprint density at radius 1 is 1.15 bits per heavy atom. The topological polar surface area (TPSA) is 76.6 Å². The number of aromatic nitrogens is 2. The van der Waals surface area contributed by atoms with Crippen molar-refractivity contribution in [3.63, 3.8) is 0 Å². The number of hydrogen-bond donors (Lipinski definition) is 1. The van der Waals surface area contributed by atoms with E-state index in [1.165, 1.54) is 0 Å². The van der Waals surface area contributed by atoms with Crippen molar-refractivity contribution in [2.75, 3.05) is 36.2 Å². The number of nitrogens with zero attached hydrogens (tertiary/aromatic N) is 3. The quantitative estimate of drug-likeness (QED) is 0.496. The summed E-state index contributed by atoms with van der Waals surface area (Å²) in [5.41, 5.74) is 2.49. The smallest absolute Gasteiger partial charge is 0.410 e. The summed E-state index contributed by atoms with van der Waals surface area (Å²) in [6.45, 7) is 8.65. The molecular formula is C26H30N4O3S. The van der Waals surface area contributed by atoms with Gasteiger partial charge in [0, 0.05) is 23.9 Å². The molecule has 0 unspecified atom stereocenters. The van der Waals surface area contributed by atoms with E-state index >= 15 is 0 Å². The minimum absolute atomic E-state index is 0.162. The number of anilines is 2. The van der Waals surface area contributed by atoms with Gasteiger partial charge in [-0.15, -0.1) is 0 Å². The molecular weight excluding hydrogens is 448 g/mol. The SMILES string of the molecule is CSC(C)(C)c1cc(N2CCOC[C@@H]2C)nc(-c2ccc(NC(=O)Oc3ccccc3)cc2)n1. The van der Waals surface area contributed by atoms with Crippen LogP contribution in [0.5, 0.6) is 5.75 Å². The largest absolute Gasteiger partial charge is 0.417 e. The number of hydrogen-bond acceptors (Lipinski definition) is 7. The van der Waals surface area contributed by atoms with E-state index in [2.05, 4.69) is 43.3 Å². The third-order valence-corrected chi connectivity index (χ3v) is 7.07. The summed E-state index contributed by atoms with van der Waals surface area (Å²) in [6, 6.07) is 18.8. The highest BCUT2D eigenvalue weighted by Crippen LogP contribution is 2.35. The van der Waals surface area contributed by atoms with Crippen LogP contribution in [0.4, 0.5) is 16.3 Å². The van der Waals surface area contributed by atoms with Gasteiger partial charge in [0.1, 0.15) is 11.6 Å². The van der Waals surface area contributed by atoms with Crippen molar-refractivity contribution in [1.29, 1.82) is 0 Å². The van der Waals surface area contributed by atoms with Crippen LogP contribution >= 0.6 is 11.8 Å². The summed E-state index contributed by atoms with van der Waals surface area (Å²) in [4.78, 5) is 24.3. The summed E-state index contributed by atoms with van der Waals surface area (Å²) < 4.78 is 10.8. The van der Waals surface area contributed by atoms with Gasteiger partial charge in [-0.1, -0.05) is 18.2 Å². The van der Waals surface area contributed by atoms with Crippen LogP contribution in [-0.4, -0.2) is 48.1 Å². The molecule has 178 valence electrons. The third kappa shape index (κ3) is 5.69. The Morgan fingerprint density at radius 2 is 1.88 bits per heavy atom. The van der Waals surface area contributed by atoms with Gasteiger partial charge in [0.25, 0.3) is 0 Å². The molecule has 0 bridgehead atoms. The summed E-state index contributed by atoms with van der Waals surface area (Å²) >= 11 is 1.76. The molecule has 4 rings (SSSR count). The molecule has 2 aromatic carbocycles. The minimum Gasteiger partial charge on any atom is -0.410 e. The molecule has 34 heavy (non-hydrogen) atoms. The molecule has 0 aliphatic carbocycles. The average molecular weight is 479 g/mol. The lowest BCUT2D eigenvalue weighted by Gasteiger charge is -2.35. The predicted octanol–water partition coefficient (Wildman–Crippen LogP) is 5.58. The van der Waals surface area contributed by atoms with E-state index in [9.17, 15) is 4.79 Å². The number of carbonyl (C=O) groups is 1. The van der Waals surface area contributed by atoms with Crippen molar-refractivity contribution in [3.05, 3.63) is 66.4 Å². The lowest BCUT2D eigenvalue weighted by atomic mass is 10.1. The number of thioether (sulfide) groups is 1. The Morgan fingerprint density at radius 3 is 2.56 bits per heavy atom. The van der Waals surface area contributed by atoms with E-state index in [-0.39, 0.29) is 10.8 Å². The van der Waals surface area contributed by atoms with Crippen LogP contribution in [0.1, 0.15) is 26.5 Å². The Labute approximate surface area is 204 Å². The number of rotatable bonds is 6. The molecule has 1 aliphatic rings. The number of amides is 1. The molecule has 1 saturated heterocycles. The van der Waals surface area contributed by atoms with Gasteiger partial charge in [0.15, 0.2) is 5.82 Å². The Bertz CT molecular complexity index is 1120. The first-order valence-electron chi connectivity index (χ1n) is 11.3. The second-order valence-corrected chi connectivity index (χ2v) is 10.1. The van der Waals surface area contributed by atoms with E-state index < -0.39 is 6.09 Å². The zero-order valence-corrected chi connectivity index (χ0v) is 20.8. The highest BCUT2D eigenvalue weighted by Gasteiger charge is 2.27. The van der Waals surface area contributed by atoms with Gasteiger partial charge in [-0.25, -0.2) is 14.8 Å². The van der Waals surface area contributed by atoms with Gasteiger partial charge in [0.05, 0.1) is 29.7 Å². The molecule has 1 atom stereocenters. The van der Waals surface area contributed by atoms with Crippen LogP contribution in [0.15, 0.2) is 60.7 Å². The van der Waals surface area contributed by atoms with Crippen LogP contribution in [0.3, 0.4) is 0 Å². The molecule has 3 aromatic rings. The molecule has 1 amide bonds. The van der Waals surface area contributed by atoms with Gasteiger partial charge in [-0.3, -0.25) is 5.32 Å². The number of carbonyl (C=O) groups excluding carboxylic acids is 1. The Balaban J connectivity index is 1.58. The summed E-state index contributed by atoms with van der Waals surface area (Å²) in [5, 5.41) is 2.76. The van der Waals surface area contributed by atoms with E-state index in [4.69, 9.17) is 19.4 Å². The van der Waals surface area contributed by atoms with Crippen LogP contribution in [0.25, 0.3) is 11.4 Å². The van der Waals surface area contributed by atoms with Crippen LogP contribution < -0.4 is 15.0 Å². The zero-order valence-electron chi connectivity index (χ0n) is 19.9. The zero-order chi connectivity index (χ0) is 24.1. The number of para-hydroxylation sites is 1. The van der Waals surface area contributed by atoms with Crippen molar-refractivity contribution >= 4 is 29.4 Å². The number of morpholine rings is 1. The van der Waals surface area contributed by atoms with E-state index in [1.54, 1.807) is 23.9 Å². The number of benzene rings is 2. The third-order valence-electron chi connectivity index (χ3n) is 5.84. The molecule has 8 heteroatoms. The lowest BCUT2D eigenvalue weighted by molar-refractivity contribution is 0.0985. The molecule has 2 heterocycles. The number of ether oxygens (including phenoxy) is 2. The molecule has 1 aromatic heterocycles. The number of nitrogens with one attached hydrogen (secondary N) is 1. The standard InChI is InChI=1S/C26H30N4O3S/c1-18-17-32-15-14-30(18)23-16-22(26(2,3)34-4)28-24(29-23)19-10-12-20(13-11-19)27-25(31)33-21-8-6-5-7-9-21/h5-13,16,18H,14-15,17H2,1-4H3,(H,27,31)/t18-/m0/s1. The molecule has 0 saturated carbocycles. The monoisotopic (exact) mass is 478 g/mol. The fraction of sp³-hybridized carbons (Fsp3) is 0.346. The van der Waals surface area contributed by atoms with E-state index in [1.807, 2.05) is 42.5 Å². The summed E-state index contributed by atoms with van der Waals surface area (Å²) in [7, 11) is 0. The van der Waals surface area contributed by atoms with Gasteiger partial charge >= 0.3 is 6.09 Å². The predicted molar refractivity (Wildman–Crippen MR) is 138 cm³/mol. The highest BCUT2D eigenvalue weighted by atomic mass is 32.2. The second-order valence-electron chi connectivity index (χ2n) is 8.67.